The molecule has 0 amide bonds. The molecule has 0 aliphatic carbocycles. The first-order valence-electron chi connectivity index (χ1n) is 5.47. The second-order valence-electron chi connectivity index (χ2n) is 3.95. The maximum atomic E-state index is 13.9. The molecule has 3 rings (SSSR count). The average Bonchev–Trinajstić information content (AvgIpc) is 2.88. The van der Waals surface area contributed by atoms with Crippen LogP contribution in [-0.4, -0.2) is 25.5 Å². The van der Waals surface area contributed by atoms with Gasteiger partial charge >= 0.3 is 0 Å². The number of nitrogens with one attached hydrogen (secondary N) is 2. The average molecular weight is 271 g/mol. The molecule has 0 spiro atoms. The van der Waals surface area contributed by atoms with E-state index in [0.717, 1.165) is 16.9 Å². The minimum Gasteiger partial charge on any atom is -0.290 e. The maximum absolute atomic E-state index is 13.9. The summed E-state index contributed by atoms with van der Waals surface area (Å²) in [6, 6.07) is 3.66. The molecule has 0 fully saturated rings. The second kappa shape index (κ2) is 4.22. The molecule has 7 nitrogen and oxygen atoms in total. The zero-order valence-electron chi connectivity index (χ0n) is 9.85. The van der Waals surface area contributed by atoms with Crippen molar-refractivity contribution < 1.29 is 4.39 Å². The summed E-state index contributed by atoms with van der Waals surface area (Å²) < 4.78 is 14.8. The molecule has 0 unspecified atom stereocenters. The molecule has 0 aliphatic heterocycles. The van der Waals surface area contributed by atoms with Crippen molar-refractivity contribution in [2.75, 3.05) is 0 Å². The Morgan fingerprint density at radius 2 is 2.15 bits per heavy atom. The Morgan fingerprint density at radius 3 is 2.85 bits per heavy atom. The van der Waals surface area contributed by atoms with Gasteiger partial charge in [-0.15, -0.1) is 0 Å². The third kappa shape index (κ3) is 1.63. The van der Waals surface area contributed by atoms with Gasteiger partial charge < -0.3 is 0 Å². The van der Waals surface area contributed by atoms with Crippen LogP contribution in [0.15, 0.2) is 34.1 Å². The molecule has 20 heavy (non-hydrogen) atoms. The summed E-state index contributed by atoms with van der Waals surface area (Å²) in [5.41, 5.74) is -1.51. The number of rotatable bonds is 0. The number of aromatic amines is 1. The largest absolute Gasteiger partial charge is 0.290 e. The first-order valence-corrected chi connectivity index (χ1v) is 5.47. The highest BCUT2D eigenvalue weighted by Gasteiger charge is 2.07. The Balaban J connectivity index is 2.71. The van der Waals surface area contributed by atoms with Crippen molar-refractivity contribution >= 4 is 11.6 Å². The summed E-state index contributed by atoms with van der Waals surface area (Å²) in [5, 5.41) is 10.3. The number of H-pyrrole nitrogens is 1. The van der Waals surface area contributed by atoms with Crippen LogP contribution in [0.1, 0.15) is 0 Å². The lowest BCUT2D eigenvalue weighted by atomic mass is 10.2. The lowest BCUT2D eigenvalue weighted by Crippen LogP contribution is -2.27. The third-order valence-corrected chi connectivity index (χ3v) is 2.79. The van der Waals surface area contributed by atoms with Crippen molar-refractivity contribution in [1.29, 1.82) is 5.41 Å². The maximum Gasteiger partial charge on any atom is 0.287 e. The molecule has 0 saturated heterocycles. The van der Waals surface area contributed by atoms with E-state index in [0.29, 0.717) is 0 Å². The number of hydrogen-bond acceptors (Lipinski definition) is 5. The molecule has 2 N–H and O–H groups in total. The zero-order chi connectivity index (χ0) is 14.3. The van der Waals surface area contributed by atoms with Crippen LogP contribution in [0.2, 0.25) is 0 Å². The minimum atomic E-state index is -0.788. The van der Waals surface area contributed by atoms with Crippen LogP contribution in [0.3, 0.4) is 0 Å². The van der Waals surface area contributed by atoms with Crippen LogP contribution < -0.4 is 16.3 Å². The molecule has 0 radical (unpaired) electrons. The monoisotopic (exact) mass is 271 g/mol. The minimum absolute atomic E-state index is 0.00592. The van der Waals surface area contributed by atoms with E-state index in [2.05, 4.69) is 15.1 Å². The molecule has 8 heteroatoms. The number of fused-ring (bicyclic) bond motifs is 1. The molecule has 0 atom stereocenters. The molecule has 98 valence electrons. The van der Waals surface area contributed by atoms with E-state index in [1.807, 2.05) is 5.87 Å². The summed E-state index contributed by atoms with van der Waals surface area (Å²) >= 11 is 0. The van der Waals surface area contributed by atoms with Crippen molar-refractivity contribution in [3.63, 3.8) is 0 Å². The van der Waals surface area contributed by atoms with Gasteiger partial charge in [-0.25, -0.2) is 4.39 Å². The van der Waals surface area contributed by atoms with Gasteiger partial charge in [0.25, 0.3) is 11.1 Å². The lowest BCUT2D eigenvalue weighted by Gasteiger charge is -1.93. The van der Waals surface area contributed by atoms with E-state index in [-0.39, 0.29) is 21.4 Å². The number of aromatic nitrogens is 4. The first-order chi connectivity index (χ1) is 9.61. The van der Waals surface area contributed by atoms with Crippen molar-refractivity contribution in [2.45, 2.75) is 0 Å². The van der Waals surface area contributed by atoms with E-state index < -0.39 is 16.9 Å². The fourth-order valence-electron chi connectivity index (χ4n) is 1.88. The van der Waals surface area contributed by atoms with E-state index in [1.165, 1.54) is 12.1 Å². The quantitative estimate of drug-likeness (QED) is 0.503. The smallest absolute Gasteiger partial charge is 0.287 e. The van der Waals surface area contributed by atoms with Crippen LogP contribution in [0, 0.1) is 21.7 Å². The fourth-order valence-corrected chi connectivity index (χ4v) is 1.88. The summed E-state index contributed by atoms with van der Waals surface area (Å²) in [7, 11) is 0. The van der Waals surface area contributed by atoms with Gasteiger partial charge in [0.1, 0.15) is 17.4 Å². The number of hydrogen-bond donors (Lipinski definition) is 2. The zero-order valence-corrected chi connectivity index (χ0v) is 9.85. The van der Waals surface area contributed by atoms with E-state index in [4.69, 9.17) is 5.41 Å². The number of nitrogens with zero attached hydrogens (tertiary/aromatic N) is 3. The van der Waals surface area contributed by atoms with Gasteiger partial charge in [-0.05, 0) is 24.1 Å². The molecule has 3 aromatic rings. The highest BCUT2D eigenvalue weighted by atomic mass is 19.1. The lowest BCUT2D eigenvalue weighted by molar-refractivity contribution is 0.617. The number of halogens is 1. The SMILES string of the molecule is N=C=c1cc/c(=c2\c(=O)[nH]c3ncnn3c2=O)c(F)c1. The summed E-state index contributed by atoms with van der Waals surface area (Å²) in [4.78, 5) is 30.1. The van der Waals surface area contributed by atoms with Crippen LogP contribution in [0.4, 0.5) is 4.39 Å². The highest BCUT2D eigenvalue weighted by molar-refractivity contribution is 5.47. The molecule has 0 bridgehead atoms. The van der Waals surface area contributed by atoms with Crippen LogP contribution in [0.5, 0.6) is 0 Å². The van der Waals surface area contributed by atoms with Crippen LogP contribution in [0.25, 0.3) is 5.78 Å². The predicted octanol–water partition coefficient (Wildman–Crippen LogP) is -1.16. The van der Waals surface area contributed by atoms with Crippen molar-refractivity contribution in [3.8, 4) is 0 Å². The summed E-state index contributed by atoms with van der Waals surface area (Å²) in [6.07, 6.45) is 1.11. The highest BCUT2D eigenvalue weighted by Crippen LogP contribution is 1.95. The standard InChI is InChI=1S/C12H6FN5O2/c13-8-3-6(4-14)1-2-7(8)9-10(19)17-12-15-5-16-18(12)11(9)20/h1-3,5,14H,(H,15,16,17,19)/b9-7-. The molecular formula is C12H6FN5O2. The normalized spacial score (nSPS) is 12.4. The van der Waals surface area contributed by atoms with E-state index in [9.17, 15) is 14.0 Å². The summed E-state index contributed by atoms with van der Waals surface area (Å²) in [5.74, 6) is 1.23. The predicted molar refractivity (Wildman–Crippen MR) is 66.0 cm³/mol. The van der Waals surface area contributed by atoms with Gasteiger partial charge in [0.2, 0.25) is 5.78 Å². The summed E-state index contributed by atoms with van der Waals surface area (Å²) in [6.45, 7) is 0. The van der Waals surface area contributed by atoms with E-state index in [1.54, 1.807) is 0 Å². The van der Waals surface area contributed by atoms with Gasteiger partial charge in [-0.3, -0.25) is 20.0 Å². The molecule has 1 aromatic carbocycles. The van der Waals surface area contributed by atoms with Crippen molar-refractivity contribution in [1.82, 2.24) is 19.6 Å². The van der Waals surface area contributed by atoms with E-state index >= 15 is 0 Å². The van der Waals surface area contributed by atoms with Crippen molar-refractivity contribution in [3.05, 3.63) is 66.7 Å². The molecular weight excluding hydrogens is 265 g/mol. The van der Waals surface area contributed by atoms with Crippen LogP contribution >= 0.6 is 0 Å². The molecule has 2 aromatic heterocycles. The third-order valence-electron chi connectivity index (χ3n) is 2.79. The Morgan fingerprint density at radius 1 is 1.35 bits per heavy atom. The Kier molecular flexibility index (Phi) is 2.52. The van der Waals surface area contributed by atoms with Gasteiger partial charge in [-0.2, -0.15) is 14.6 Å². The van der Waals surface area contributed by atoms with Gasteiger partial charge in [0, 0.05) is 10.4 Å². The van der Waals surface area contributed by atoms with Gasteiger partial charge in [-0.1, -0.05) is 0 Å². The molecule has 0 saturated carbocycles. The molecule has 0 aliphatic rings. The Bertz CT molecular complexity index is 1110. The van der Waals surface area contributed by atoms with Crippen LogP contribution in [-0.2, 0) is 0 Å². The Labute approximate surface area is 108 Å². The molecule has 2 heterocycles. The van der Waals surface area contributed by atoms with Gasteiger partial charge in [0.05, 0.1) is 0 Å². The Hall–Kier alpha value is -3.12. The first kappa shape index (κ1) is 11.9. The number of benzene rings is 1. The second-order valence-corrected chi connectivity index (χ2v) is 3.95. The fraction of sp³-hybridized carbons (Fsp3) is 0. The van der Waals surface area contributed by atoms with Gasteiger partial charge in [0.15, 0.2) is 0 Å². The topological polar surface area (TPSA) is 104 Å². The van der Waals surface area contributed by atoms with Crippen molar-refractivity contribution in [2.24, 2.45) is 0 Å².